The first-order chi connectivity index (χ1) is 10.6. The van der Waals surface area contributed by atoms with Gasteiger partial charge >= 0.3 is 5.97 Å². The Kier molecular flexibility index (Phi) is 2.87. The lowest BCUT2D eigenvalue weighted by molar-refractivity contribution is -0.144. The average molecular weight is 299 g/mol. The van der Waals surface area contributed by atoms with Gasteiger partial charge in [-0.15, -0.1) is 0 Å². The highest BCUT2D eigenvalue weighted by Crippen LogP contribution is 2.44. The van der Waals surface area contributed by atoms with E-state index in [1.54, 1.807) is 10.8 Å². The number of fused-ring (bicyclic) bond motifs is 3. The quantitative estimate of drug-likeness (QED) is 0.925. The van der Waals surface area contributed by atoms with E-state index >= 15 is 0 Å². The van der Waals surface area contributed by atoms with Crippen LogP contribution in [0.15, 0.2) is 30.5 Å². The standard InChI is InChI=1S/C17H17NO4/c1-9-2-3-11-10(8-9)6-7-18(11)16(19)14-12-4-5-13(22-12)15(14)17(20)21/h2-3,6-8,12-15H,4-5H2,1H3,(H,20,21)/t12-,13+,14-,15+/m1/s1. The van der Waals surface area contributed by atoms with E-state index in [2.05, 4.69) is 0 Å². The van der Waals surface area contributed by atoms with Gasteiger partial charge in [-0.25, -0.2) is 0 Å². The zero-order valence-electron chi connectivity index (χ0n) is 12.2. The van der Waals surface area contributed by atoms with Crippen molar-refractivity contribution in [1.82, 2.24) is 4.57 Å². The Labute approximate surface area is 127 Å². The first-order valence-electron chi connectivity index (χ1n) is 7.56. The largest absolute Gasteiger partial charge is 0.481 e. The summed E-state index contributed by atoms with van der Waals surface area (Å²) in [6, 6.07) is 7.78. The van der Waals surface area contributed by atoms with Crippen LogP contribution < -0.4 is 0 Å². The van der Waals surface area contributed by atoms with E-state index in [4.69, 9.17) is 4.74 Å². The van der Waals surface area contributed by atoms with Gasteiger partial charge in [0.1, 0.15) is 0 Å². The van der Waals surface area contributed by atoms with Crippen LogP contribution in [-0.2, 0) is 9.53 Å². The molecule has 0 aliphatic carbocycles. The van der Waals surface area contributed by atoms with Gasteiger partial charge in [-0.2, -0.15) is 0 Å². The zero-order valence-corrected chi connectivity index (χ0v) is 12.2. The second-order valence-electron chi connectivity index (χ2n) is 6.27. The van der Waals surface area contributed by atoms with Crippen LogP contribution in [0.1, 0.15) is 23.2 Å². The van der Waals surface area contributed by atoms with Crippen LogP contribution >= 0.6 is 0 Å². The van der Waals surface area contributed by atoms with E-state index in [0.717, 1.165) is 29.3 Å². The number of nitrogens with zero attached hydrogens (tertiary/aromatic N) is 1. The Morgan fingerprint density at radius 2 is 1.91 bits per heavy atom. The number of carboxylic acid groups (broad SMARTS) is 1. The highest BCUT2D eigenvalue weighted by Gasteiger charge is 2.55. The van der Waals surface area contributed by atoms with Crippen LogP contribution in [0, 0.1) is 18.8 Å². The summed E-state index contributed by atoms with van der Waals surface area (Å²) in [4.78, 5) is 24.5. The maximum absolute atomic E-state index is 12.9. The first kappa shape index (κ1) is 13.5. The molecule has 2 bridgehead atoms. The summed E-state index contributed by atoms with van der Waals surface area (Å²) < 4.78 is 7.28. The molecule has 2 fully saturated rings. The number of carboxylic acids is 1. The summed E-state index contributed by atoms with van der Waals surface area (Å²) in [5, 5.41) is 10.5. The van der Waals surface area contributed by atoms with E-state index in [1.807, 2.05) is 31.2 Å². The number of rotatable bonds is 2. The molecule has 1 aromatic carbocycles. The molecule has 1 aromatic heterocycles. The van der Waals surface area contributed by atoms with Gasteiger partial charge in [0.2, 0.25) is 5.91 Å². The van der Waals surface area contributed by atoms with Gasteiger partial charge < -0.3 is 9.84 Å². The van der Waals surface area contributed by atoms with Crippen LogP contribution in [0.4, 0.5) is 0 Å². The third-order valence-electron chi connectivity index (χ3n) is 4.93. The minimum absolute atomic E-state index is 0.168. The van der Waals surface area contributed by atoms with Crippen molar-refractivity contribution in [3.63, 3.8) is 0 Å². The monoisotopic (exact) mass is 299 g/mol. The smallest absolute Gasteiger partial charge is 0.310 e. The lowest BCUT2D eigenvalue weighted by atomic mass is 9.78. The third kappa shape index (κ3) is 1.82. The number of carbonyl (C=O) groups excluding carboxylic acids is 1. The van der Waals surface area contributed by atoms with Gasteiger partial charge in [-0.05, 0) is 38.0 Å². The molecule has 4 rings (SSSR count). The third-order valence-corrected chi connectivity index (χ3v) is 4.93. The fourth-order valence-corrected chi connectivity index (χ4v) is 3.92. The van der Waals surface area contributed by atoms with Gasteiger partial charge in [-0.1, -0.05) is 11.6 Å². The van der Waals surface area contributed by atoms with Crippen molar-refractivity contribution in [3.8, 4) is 0 Å². The number of benzene rings is 1. The maximum Gasteiger partial charge on any atom is 0.310 e. The van der Waals surface area contributed by atoms with Gasteiger partial charge in [-0.3, -0.25) is 14.2 Å². The molecule has 0 unspecified atom stereocenters. The molecule has 0 spiro atoms. The van der Waals surface area contributed by atoms with Gasteiger partial charge in [0.05, 0.1) is 29.6 Å². The lowest BCUT2D eigenvalue weighted by Gasteiger charge is -2.24. The molecule has 2 saturated heterocycles. The molecule has 0 amide bonds. The van der Waals surface area contributed by atoms with Gasteiger partial charge in [0.15, 0.2) is 0 Å². The molecule has 2 aliphatic rings. The highest BCUT2D eigenvalue weighted by atomic mass is 16.5. The van der Waals surface area contributed by atoms with Crippen LogP contribution in [0.3, 0.4) is 0 Å². The van der Waals surface area contributed by atoms with Crippen LogP contribution in [0.5, 0.6) is 0 Å². The van der Waals surface area contributed by atoms with E-state index in [9.17, 15) is 14.7 Å². The fraction of sp³-hybridized carbons (Fsp3) is 0.412. The SMILES string of the molecule is Cc1ccc2c(ccn2C(=O)[C@H]2[C@@H](C(=O)O)[C@@H]3CC[C@H]2O3)c1. The minimum Gasteiger partial charge on any atom is -0.481 e. The van der Waals surface area contributed by atoms with Gasteiger partial charge in [0.25, 0.3) is 0 Å². The number of ether oxygens (including phenoxy) is 1. The number of aliphatic carboxylic acids is 1. The summed E-state index contributed by atoms with van der Waals surface area (Å²) in [5.74, 6) is -2.42. The number of hydrogen-bond donors (Lipinski definition) is 1. The first-order valence-corrected chi connectivity index (χ1v) is 7.56. The Bertz CT molecular complexity index is 778. The molecule has 114 valence electrons. The molecule has 22 heavy (non-hydrogen) atoms. The summed E-state index contributed by atoms with van der Waals surface area (Å²) in [6.07, 6.45) is 2.65. The van der Waals surface area contributed by atoms with Crippen molar-refractivity contribution < 1.29 is 19.4 Å². The summed E-state index contributed by atoms with van der Waals surface area (Å²) in [6.45, 7) is 2.00. The van der Waals surface area contributed by atoms with Crippen molar-refractivity contribution in [2.24, 2.45) is 11.8 Å². The molecule has 3 heterocycles. The number of aryl methyl sites for hydroxylation is 1. The summed E-state index contributed by atoms with van der Waals surface area (Å²) >= 11 is 0. The molecule has 4 atom stereocenters. The molecule has 1 N–H and O–H groups in total. The van der Waals surface area contributed by atoms with Crippen molar-refractivity contribution in [1.29, 1.82) is 0 Å². The minimum atomic E-state index is -0.933. The predicted molar refractivity (Wildman–Crippen MR) is 79.8 cm³/mol. The second kappa shape index (κ2) is 4.68. The van der Waals surface area contributed by atoms with Crippen LogP contribution in [-0.4, -0.2) is 33.8 Å². The summed E-state index contributed by atoms with van der Waals surface area (Å²) in [7, 11) is 0. The average Bonchev–Trinajstić information content (AvgIpc) is 3.18. The summed E-state index contributed by atoms with van der Waals surface area (Å²) in [5.41, 5.74) is 1.95. The number of hydrogen-bond acceptors (Lipinski definition) is 3. The molecule has 5 heteroatoms. The van der Waals surface area contributed by atoms with Crippen molar-refractivity contribution in [3.05, 3.63) is 36.0 Å². The molecule has 2 aliphatic heterocycles. The topological polar surface area (TPSA) is 68.5 Å². The maximum atomic E-state index is 12.9. The normalized spacial score (nSPS) is 30.0. The Hall–Kier alpha value is -2.14. The van der Waals surface area contributed by atoms with Crippen molar-refractivity contribution in [2.75, 3.05) is 0 Å². The Morgan fingerprint density at radius 3 is 2.64 bits per heavy atom. The van der Waals surface area contributed by atoms with Gasteiger partial charge in [0, 0.05) is 11.6 Å². The molecule has 0 saturated carbocycles. The number of carbonyl (C=O) groups is 2. The molecule has 2 aromatic rings. The van der Waals surface area contributed by atoms with Crippen molar-refractivity contribution >= 4 is 22.8 Å². The highest BCUT2D eigenvalue weighted by molar-refractivity contribution is 5.96. The van der Waals surface area contributed by atoms with E-state index < -0.39 is 17.8 Å². The molecule has 0 radical (unpaired) electrons. The van der Waals surface area contributed by atoms with E-state index in [1.165, 1.54) is 0 Å². The molecular formula is C17H17NO4. The zero-order chi connectivity index (χ0) is 15.4. The Balaban J connectivity index is 1.75. The predicted octanol–water partition coefficient (Wildman–Crippen LogP) is 2.47. The van der Waals surface area contributed by atoms with Crippen molar-refractivity contribution in [2.45, 2.75) is 32.0 Å². The van der Waals surface area contributed by atoms with E-state index in [0.29, 0.717) is 0 Å². The Morgan fingerprint density at radius 1 is 1.18 bits per heavy atom. The fourth-order valence-electron chi connectivity index (χ4n) is 3.92. The molecular weight excluding hydrogens is 282 g/mol. The van der Waals surface area contributed by atoms with Crippen LogP contribution in [0.25, 0.3) is 10.9 Å². The van der Waals surface area contributed by atoms with E-state index in [-0.39, 0.29) is 18.1 Å². The number of aromatic nitrogens is 1. The molecule has 5 nitrogen and oxygen atoms in total. The lowest BCUT2D eigenvalue weighted by Crippen LogP contribution is -2.40. The van der Waals surface area contributed by atoms with Crippen LogP contribution in [0.2, 0.25) is 0 Å². The second-order valence-corrected chi connectivity index (χ2v) is 6.27.